The lowest BCUT2D eigenvalue weighted by Gasteiger charge is -2.11. The Balaban J connectivity index is 1.97. The number of carbonyl (C=O) groups excluding carboxylic acids is 1. The minimum Gasteiger partial charge on any atom is -0.465 e. The lowest BCUT2D eigenvalue weighted by Crippen LogP contribution is -2.02. The topological polar surface area (TPSA) is 52.1 Å². The molecule has 0 bridgehead atoms. The smallest absolute Gasteiger partial charge is 0.337 e. The number of methoxy groups -OCH3 is 1. The molecule has 0 N–H and O–H groups in total. The summed E-state index contributed by atoms with van der Waals surface area (Å²) in [6.45, 7) is 0. The second-order valence-corrected chi connectivity index (χ2v) is 7.96. The van der Waals surface area contributed by atoms with Crippen molar-refractivity contribution in [1.29, 1.82) is 0 Å². The molecule has 0 aliphatic rings. The Morgan fingerprint density at radius 2 is 1.25 bits per heavy atom. The van der Waals surface area contributed by atoms with E-state index in [1.165, 1.54) is 7.11 Å². The zero-order valence-corrected chi connectivity index (χ0v) is 18.0. The van der Waals surface area contributed by atoms with Crippen molar-refractivity contribution in [3.8, 4) is 22.5 Å². The Kier molecular flexibility index (Phi) is 5.24. The highest BCUT2D eigenvalue weighted by Gasteiger charge is 2.15. The van der Waals surface area contributed by atoms with Crippen LogP contribution in [0.5, 0.6) is 0 Å². The van der Waals surface area contributed by atoms with Crippen LogP contribution in [0.1, 0.15) is 10.4 Å². The molecule has 1 heterocycles. The van der Waals surface area contributed by atoms with Crippen LogP contribution in [0.2, 0.25) is 0 Å². The van der Waals surface area contributed by atoms with Gasteiger partial charge in [-0.25, -0.2) is 14.8 Å². The van der Waals surface area contributed by atoms with E-state index in [0.29, 0.717) is 16.6 Å². The lowest BCUT2D eigenvalue weighted by molar-refractivity contribution is 0.0601. The average molecular weight is 498 g/mol. The number of esters is 1. The van der Waals surface area contributed by atoms with Crippen LogP contribution in [-0.2, 0) is 4.74 Å². The van der Waals surface area contributed by atoms with Crippen molar-refractivity contribution >= 4 is 48.9 Å². The molecule has 138 valence electrons. The van der Waals surface area contributed by atoms with Crippen molar-refractivity contribution in [3.63, 3.8) is 0 Å². The molecule has 6 heteroatoms. The zero-order chi connectivity index (χ0) is 19.7. The molecule has 4 rings (SSSR count). The maximum Gasteiger partial charge on any atom is 0.337 e. The van der Waals surface area contributed by atoms with Crippen LogP contribution < -0.4 is 0 Å². The van der Waals surface area contributed by atoms with E-state index < -0.39 is 5.97 Å². The second kappa shape index (κ2) is 7.81. The van der Waals surface area contributed by atoms with E-state index in [4.69, 9.17) is 14.7 Å². The molecule has 4 nitrogen and oxygen atoms in total. The summed E-state index contributed by atoms with van der Waals surface area (Å²) in [4.78, 5) is 21.6. The van der Waals surface area contributed by atoms with Crippen molar-refractivity contribution in [1.82, 2.24) is 9.97 Å². The molecule has 0 amide bonds. The first-order valence-corrected chi connectivity index (χ1v) is 10.1. The Morgan fingerprint density at radius 3 is 1.75 bits per heavy atom. The predicted molar refractivity (Wildman–Crippen MR) is 117 cm³/mol. The van der Waals surface area contributed by atoms with Gasteiger partial charge >= 0.3 is 5.97 Å². The normalized spacial score (nSPS) is 10.8. The van der Waals surface area contributed by atoms with Gasteiger partial charge in [0, 0.05) is 20.1 Å². The number of carbonyl (C=O) groups is 1. The van der Waals surface area contributed by atoms with Gasteiger partial charge in [-0.05, 0) is 42.5 Å². The summed E-state index contributed by atoms with van der Waals surface area (Å²) in [5.41, 5.74) is 5.25. The molecular weight excluding hydrogens is 484 g/mol. The molecule has 0 fully saturated rings. The minimum absolute atomic E-state index is 0.397. The summed E-state index contributed by atoms with van der Waals surface area (Å²) < 4.78 is 6.81. The average Bonchev–Trinajstić information content (AvgIpc) is 2.73. The standard InChI is InChI=1S/C22H14Br2N2O2/c1-28-22(27)15-6-11-18-19(12-15)26-21(14-4-9-17(24)10-5-14)20(25-18)13-2-7-16(23)8-3-13/h2-12H,1H3. The third-order valence-electron chi connectivity index (χ3n) is 4.32. The molecular formula is C22H14Br2N2O2. The number of benzene rings is 3. The van der Waals surface area contributed by atoms with Gasteiger partial charge in [0.15, 0.2) is 0 Å². The van der Waals surface area contributed by atoms with Crippen molar-refractivity contribution in [2.24, 2.45) is 0 Å². The SMILES string of the molecule is COC(=O)c1ccc2nc(-c3ccc(Br)cc3)c(-c3ccc(Br)cc3)nc2c1. The summed E-state index contributed by atoms with van der Waals surface area (Å²) in [7, 11) is 1.36. The van der Waals surface area contributed by atoms with Crippen LogP contribution in [0, 0.1) is 0 Å². The monoisotopic (exact) mass is 496 g/mol. The molecule has 0 atom stereocenters. The van der Waals surface area contributed by atoms with E-state index in [2.05, 4.69) is 31.9 Å². The number of rotatable bonds is 3. The van der Waals surface area contributed by atoms with Gasteiger partial charge in [0.05, 0.1) is 35.1 Å². The van der Waals surface area contributed by atoms with Crippen molar-refractivity contribution in [3.05, 3.63) is 81.2 Å². The van der Waals surface area contributed by atoms with E-state index in [1.807, 2.05) is 48.5 Å². The van der Waals surface area contributed by atoms with Crippen molar-refractivity contribution < 1.29 is 9.53 Å². The number of halogens is 2. The fraction of sp³-hybridized carbons (Fsp3) is 0.0455. The van der Waals surface area contributed by atoms with Gasteiger partial charge in [-0.15, -0.1) is 0 Å². The van der Waals surface area contributed by atoms with E-state index in [1.54, 1.807) is 18.2 Å². The van der Waals surface area contributed by atoms with Gasteiger partial charge in [-0.1, -0.05) is 56.1 Å². The third-order valence-corrected chi connectivity index (χ3v) is 5.38. The highest BCUT2D eigenvalue weighted by atomic mass is 79.9. The van der Waals surface area contributed by atoms with Crippen molar-refractivity contribution in [2.75, 3.05) is 7.11 Å². The number of aromatic nitrogens is 2. The summed E-state index contributed by atoms with van der Waals surface area (Å²) in [5.74, 6) is -0.397. The quantitative estimate of drug-likeness (QED) is 0.313. The van der Waals surface area contributed by atoms with Crippen LogP contribution in [0.25, 0.3) is 33.5 Å². The minimum atomic E-state index is -0.397. The van der Waals surface area contributed by atoms with E-state index in [-0.39, 0.29) is 0 Å². The van der Waals surface area contributed by atoms with E-state index in [0.717, 1.165) is 31.5 Å². The van der Waals surface area contributed by atoms with Gasteiger partial charge in [0.1, 0.15) is 0 Å². The van der Waals surface area contributed by atoms with Gasteiger partial charge in [0.25, 0.3) is 0 Å². The largest absolute Gasteiger partial charge is 0.465 e. The number of hydrogen-bond acceptors (Lipinski definition) is 4. The Bertz CT molecular complexity index is 1170. The van der Waals surface area contributed by atoms with Gasteiger partial charge in [0.2, 0.25) is 0 Å². The van der Waals surface area contributed by atoms with Gasteiger partial charge in [-0.3, -0.25) is 0 Å². The number of nitrogens with zero attached hydrogens (tertiary/aromatic N) is 2. The Labute approximate surface area is 178 Å². The fourth-order valence-corrected chi connectivity index (χ4v) is 3.45. The number of hydrogen-bond donors (Lipinski definition) is 0. The highest BCUT2D eigenvalue weighted by molar-refractivity contribution is 9.10. The van der Waals surface area contributed by atoms with Crippen LogP contribution in [-0.4, -0.2) is 23.0 Å². The number of fused-ring (bicyclic) bond motifs is 1. The summed E-state index contributed by atoms with van der Waals surface area (Å²) in [6, 6.07) is 21.1. The summed E-state index contributed by atoms with van der Waals surface area (Å²) >= 11 is 6.94. The molecule has 3 aromatic carbocycles. The maximum absolute atomic E-state index is 11.9. The van der Waals surface area contributed by atoms with Crippen LogP contribution in [0.3, 0.4) is 0 Å². The van der Waals surface area contributed by atoms with Gasteiger partial charge in [-0.2, -0.15) is 0 Å². The molecule has 0 aliphatic heterocycles. The first kappa shape index (κ1) is 18.8. The lowest BCUT2D eigenvalue weighted by atomic mass is 10.0. The second-order valence-electron chi connectivity index (χ2n) is 6.13. The van der Waals surface area contributed by atoms with Crippen LogP contribution in [0.4, 0.5) is 0 Å². The maximum atomic E-state index is 11.9. The Morgan fingerprint density at radius 1 is 0.750 bits per heavy atom. The first-order valence-electron chi connectivity index (χ1n) is 8.47. The number of ether oxygens (including phenoxy) is 1. The summed E-state index contributed by atoms with van der Waals surface area (Å²) in [5, 5.41) is 0. The fourth-order valence-electron chi connectivity index (χ4n) is 2.92. The first-order chi connectivity index (χ1) is 13.5. The molecule has 0 saturated heterocycles. The zero-order valence-electron chi connectivity index (χ0n) is 14.8. The predicted octanol–water partition coefficient (Wildman–Crippen LogP) is 6.28. The Hall–Kier alpha value is -2.57. The third kappa shape index (κ3) is 3.70. The summed E-state index contributed by atoms with van der Waals surface area (Å²) in [6.07, 6.45) is 0. The van der Waals surface area contributed by atoms with E-state index >= 15 is 0 Å². The molecule has 0 spiro atoms. The molecule has 0 aliphatic carbocycles. The molecule has 28 heavy (non-hydrogen) atoms. The van der Waals surface area contributed by atoms with E-state index in [9.17, 15) is 4.79 Å². The molecule has 0 radical (unpaired) electrons. The highest BCUT2D eigenvalue weighted by Crippen LogP contribution is 2.32. The van der Waals surface area contributed by atoms with Crippen LogP contribution in [0.15, 0.2) is 75.7 Å². The molecule has 1 aromatic heterocycles. The molecule has 0 saturated carbocycles. The molecule has 4 aromatic rings. The van der Waals surface area contributed by atoms with Gasteiger partial charge < -0.3 is 4.74 Å². The van der Waals surface area contributed by atoms with Crippen molar-refractivity contribution in [2.45, 2.75) is 0 Å². The molecule has 0 unspecified atom stereocenters. The van der Waals surface area contributed by atoms with Crippen LogP contribution >= 0.6 is 31.9 Å².